The molecule has 39 heavy (non-hydrogen) atoms. The van der Waals surface area contributed by atoms with Crippen molar-refractivity contribution in [1.82, 2.24) is 0 Å². The summed E-state index contributed by atoms with van der Waals surface area (Å²) >= 11 is -0.826. The van der Waals surface area contributed by atoms with Crippen LogP contribution in [0.1, 0.15) is 80.2 Å². The van der Waals surface area contributed by atoms with Crippen LogP contribution in [0.4, 0.5) is 0 Å². The maximum Gasteiger partial charge on any atom is -0.00135 e. The Kier molecular flexibility index (Phi) is 14.6. The molecule has 0 radical (unpaired) electrons. The summed E-state index contributed by atoms with van der Waals surface area (Å²) in [6.45, 7) is 8.28. The summed E-state index contributed by atoms with van der Waals surface area (Å²) in [4.78, 5) is 0. The molecule has 2 aliphatic carbocycles. The maximum absolute atomic E-state index is 4.93. The van der Waals surface area contributed by atoms with Crippen LogP contribution in [0.5, 0.6) is 0 Å². The Morgan fingerprint density at radius 2 is 1.05 bits per heavy atom. The van der Waals surface area contributed by atoms with Gasteiger partial charge in [-0.15, -0.1) is 0 Å². The molecule has 0 spiro atoms. The first-order valence-corrected chi connectivity index (χ1v) is 20.6. The van der Waals surface area contributed by atoms with Crippen LogP contribution in [0.15, 0.2) is 91.0 Å². The molecule has 2 aliphatic rings. The molecular formula is C36H41Cl2Zr-. The zero-order valence-corrected chi connectivity index (χ0v) is 27.5. The topological polar surface area (TPSA) is 0 Å². The van der Waals surface area contributed by atoms with E-state index in [0.29, 0.717) is 0 Å². The van der Waals surface area contributed by atoms with Crippen molar-refractivity contribution in [2.75, 3.05) is 0 Å². The van der Waals surface area contributed by atoms with Crippen LogP contribution < -0.4 is 0 Å². The predicted octanol–water partition coefficient (Wildman–Crippen LogP) is 11.6. The van der Waals surface area contributed by atoms with E-state index < -0.39 is 20.8 Å². The first-order valence-electron chi connectivity index (χ1n) is 14.3. The minimum Gasteiger partial charge on any atom is -0.0619 e. The van der Waals surface area contributed by atoms with E-state index >= 15 is 0 Å². The number of unbranched alkanes of at least 4 members (excludes halogenated alkanes) is 4. The van der Waals surface area contributed by atoms with Crippen molar-refractivity contribution >= 4 is 17.0 Å². The quantitative estimate of drug-likeness (QED) is 0.126. The van der Waals surface area contributed by atoms with Crippen molar-refractivity contribution in [1.29, 1.82) is 0 Å². The number of halogens is 2. The first-order chi connectivity index (χ1) is 19.2. The van der Waals surface area contributed by atoms with E-state index in [1.54, 1.807) is 11.1 Å². The van der Waals surface area contributed by atoms with E-state index in [2.05, 4.69) is 112 Å². The second-order valence-electron chi connectivity index (χ2n) is 10.0. The fraction of sp³-hybridized carbons (Fsp3) is 0.306. The molecule has 0 heterocycles. The van der Waals surface area contributed by atoms with E-state index in [1.807, 2.05) is 0 Å². The van der Waals surface area contributed by atoms with Gasteiger partial charge in [0.1, 0.15) is 0 Å². The van der Waals surface area contributed by atoms with E-state index in [1.165, 1.54) is 77.5 Å². The molecule has 4 aromatic carbocycles. The van der Waals surface area contributed by atoms with Gasteiger partial charge in [-0.25, -0.2) is 0 Å². The summed E-state index contributed by atoms with van der Waals surface area (Å²) in [7, 11) is 9.87. The van der Waals surface area contributed by atoms with E-state index in [0.717, 1.165) is 19.3 Å². The monoisotopic (exact) mass is 633 g/mol. The van der Waals surface area contributed by atoms with E-state index in [9.17, 15) is 0 Å². The number of rotatable bonds is 6. The fourth-order valence-electron chi connectivity index (χ4n) is 5.21. The molecule has 0 amide bonds. The zero-order valence-electron chi connectivity index (χ0n) is 23.5. The van der Waals surface area contributed by atoms with Crippen molar-refractivity contribution in [2.45, 2.75) is 71.6 Å². The van der Waals surface area contributed by atoms with Crippen molar-refractivity contribution in [3.05, 3.63) is 126 Å². The predicted molar refractivity (Wildman–Crippen MR) is 169 cm³/mol. The second kappa shape index (κ2) is 17.9. The number of fused-ring (bicyclic) bond motifs is 6. The number of hydrogen-bond donors (Lipinski definition) is 0. The summed E-state index contributed by atoms with van der Waals surface area (Å²) < 4.78 is 0. The standard InChI is InChI=1S/C19H21.C13H10.C4H10.2ClH.Zr/c1-2-3-4-5-9-15-11-8-13-18-17-12-7-6-10-16(17)14-19(15)18;1-3-7-12-10(5-1)9-11-6-2-4-8-13(11)12;1-3-4-2;;;/h6-8,10-13H,1-5,9,14H2;1-8H,9H2;3-4H2,1-2H3;2*1H;/q-1;;;;;+2/p-2. The molecule has 0 nitrogen and oxygen atoms in total. The molecule has 4 aromatic rings. The Labute approximate surface area is 255 Å². The summed E-state index contributed by atoms with van der Waals surface area (Å²) in [6.07, 6.45) is 11.0. The molecule has 0 aromatic heterocycles. The summed E-state index contributed by atoms with van der Waals surface area (Å²) in [5.74, 6) is 0. The minimum atomic E-state index is -0.826. The molecule has 3 heteroatoms. The molecule has 0 N–H and O–H groups in total. The molecule has 0 aliphatic heterocycles. The van der Waals surface area contributed by atoms with Gasteiger partial charge in [-0.1, -0.05) is 131 Å². The minimum absolute atomic E-state index is 0.826. The van der Waals surface area contributed by atoms with E-state index in [4.69, 9.17) is 17.0 Å². The van der Waals surface area contributed by atoms with Crippen molar-refractivity contribution < 1.29 is 20.8 Å². The average Bonchev–Trinajstić information content (AvgIpc) is 3.55. The van der Waals surface area contributed by atoms with Crippen LogP contribution in [0.25, 0.3) is 22.3 Å². The molecule has 0 unspecified atom stereocenters. The summed E-state index contributed by atoms with van der Waals surface area (Å²) in [6, 6.07) is 32.9. The molecule has 6 rings (SSSR count). The van der Waals surface area contributed by atoms with Crippen LogP contribution in [-0.2, 0) is 40.1 Å². The van der Waals surface area contributed by atoms with Crippen molar-refractivity contribution in [3.8, 4) is 22.3 Å². The first kappa shape index (κ1) is 31.9. The van der Waals surface area contributed by atoms with Crippen molar-refractivity contribution in [2.24, 2.45) is 0 Å². The molecule has 0 fully saturated rings. The van der Waals surface area contributed by atoms with Gasteiger partial charge in [0.2, 0.25) is 0 Å². The van der Waals surface area contributed by atoms with Gasteiger partial charge >= 0.3 is 37.9 Å². The van der Waals surface area contributed by atoms with Crippen LogP contribution in [-0.4, -0.2) is 0 Å². The molecule has 0 saturated carbocycles. The molecule has 0 bridgehead atoms. The third kappa shape index (κ3) is 9.18. The molecule has 0 atom stereocenters. The molecule has 0 saturated heterocycles. The SMILES string of the molecule is CCCC.[CH2-]CCCCCc1cccc2c1Cc1ccccc1-2.[Cl][Zr][Cl].c1ccc2c(c1)Cc1ccccc1-2. The third-order valence-electron chi connectivity index (χ3n) is 7.35. The van der Waals surface area contributed by atoms with Gasteiger partial charge in [0.15, 0.2) is 0 Å². The number of aryl methyl sites for hydroxylation is 1. The normalized spacial score (nSPS) is 11.2. The molecular weight excluding hydrogens is 595 g/mol. The van der Waals surface area contributed by atoms with Gasteiger partial charge in [0, 0.05) is 0 Å². The number of hydrogen-bond acceptors (Lipinski definition) is 0. The average molecular weight is 636 g/mol. The summed E-state index contributed by atoms with van der Waals surface area (Å²) in [5.41, 5.74) is 13.3. The second-order valence-corrected chi connectivity index (χ2v) is 13.7. The maximum atomic E-state index is 4.93. The van der Waals surface area contributed by atoms with Crippen LogP contribution >= 0.6 is 17.0 Å². The summed E-state index contributed by atoms with van der Waals surface area (Å²) in [5, 5.41) is 0. The smallest absolute Gasteiger partial charge is 0.00135 e. The van der Waals surface area contributed by atoms with Gasteiger partial charge < -0.3 is 6.92 Å². The van der Waals surface area contributed by atoms with Gasteiger partial charge in [-0.05, 0) is 75.8 Å². The Morgan fingerprint density at radius 1 is 0.590 bits per heavy atom. The number of benzene rings is 4. The Bertz CT molecular complexity index is 1240. The Balaban J connectivity index is 0.000000181. The Morgan fingerprint density at radius 3 is 1.56 bits per heavy atom. The van der Waals surface area contributed by atoms with Gasteiger partial charge in [0.05, 0.1) is 0 Å². The third-order valence-corrected chi connectivity index (χ3v) is 7.35. The van der Waals surface area contributed by atoms with Gasteiger partial charge in [0.25, 0.3) is 0 Å². The van der Waals surface area contributed by atoms with E-state index in [-0.39, 0.29) is 0 Å². The molecule has 204 valence electrons. The zero-order chi connectivity index (χ0) is 27.9. The van der Waals surface area contributed by atoms with Crippen LogP contribution in [0, 0.1) is 6.92 Å². The Hall–Kier alpha value is -1.66. The van der Waals surface area contributed by atoms with Gasteiger partial charge in [-0.3, -0.25) is 0 Å². The largest absolute Gasteiger partial charge is 0.0619 e. The van der Waals surface area contributed by atoms with Crippen LogP contribution in [0.2, 0.25) is 0 Å². The van der Waals surface area contributed by atoms with Gasteiger partial charge in [-0.2, -0.15) is 6.42 Å². The van der Waals surface area contributed by atoms with Crippen LogP contribution in [0.3, 0.4) is 0 Å². The van der Waals surface area contributed by atoms with Crippen molar-refractivity contribution in [3.63, 3.8) is 0 Å². The fourth-order valence-corrected chi connectivity index (χ4v) is 5.21.